The monoisotopic (exact) mass is 332 g/mol. The average molecular weight is 332 g/mol. The lowest BCUT2D eigenvalue weighted by Crippen LogP contribution is -2.54. The molecule has 1 spiro atoms. The summed E-state index contributed by atoms with van der Waals surface area (Å²) >= 11 is 0. The molecule has 0 aromatic heterocycles. The van der Waals surface area contributed by atoms with Crippen LogP contribution in [0.5, 0.6) is 0 Å². The Bertz CT molecular complexity index is 769. The van der Waals surface area contributed by atoms with Crippen molar-refractivity contribution >= 4 is 11.9 Å². The Labute approximate surface area is 135 Å². The lowest BCUT2D eigenvalue weighted by Gasteiger charge is -2.44. The SMILES string of the molecule is O=C(O)CCC(=O)OC1=CC2=CC=CC3=CC=C4OOC32C(O4)O1. The summed E-state index contributed by atoms with van der Waals surface area (Å²) in [7, 11) is 0. The summed E-state index contributed by atoms with van der Waals surface area (Å²) in [4.78, 5) is 32.9. The molecule has 0 aromatic carbocycles. The van der Waals surface area contributed by atoms with E-state index in [2.05, 4.69) is 0 Å². The summed E-state index contributed by atoms with van der Waals surface area (Å²) in [5, 5.41) is 8.61. The minimum atomic E-state index is -1.11. The van der Waals surface area contributed by atoms with E-state index < -0.39 is 23.8 Å². The quantitative estimate of drug-likeness (QED) is 0.612. The van der Waals surface area contributed by atoms with Crippen molar-refractivity contribution in [3.8, 4) is 0 Å². The number of allylic oxidation sites excluding steroid dienone is 4. The fourth-order valence-electron chi connectivity index (χ4n) is 2.75. The molecule has 4 aliphatic heterocycles. The molecule has 0 radical (unpaired) electrons. The predicted octanol–water partition coefficient (Wildman–Crippen LogP) is 1.59. The number of rotatable bonds is 4. The molecule has 4 heterocycles. The minimum Gasteiger partial charge on any atom is -0.481 e. The maximum atomic E-state index is 11.7. The number of ether oxygens (including phenoxy) is 3. The van der Waals surface area contributed by atoms with Crippen LogP contribution in [0.1, 0.15) is 12.8 Å². The van der Waals surface area contributed by atoms with Gasteiger partial charge < -0.3 is 19.3 Å². The number of fused-ring (bicyclic) bond motifs is 2. The van der Waals surface area contributed by atoms with Gasteiger partial charge >= 0.3 is 17.9 Å². The molecule has 2 bridgehead atoms. The Morgan fingerprint density at radius 1 is 1.17 bits per heavy atom. The third kappa shape index (κ3) is 2.19. The fourth-order valence-corrected chi connectivity index (χ4v) is 2.75. The second-order valence-corrected chi connectivity index (χ2v) is 5.39. The van der Waals surface area contributed by atoms with Crippen LogP contribution in [0.25, 0.3) is 0 Å². The van der Waals surface area contributed by atoms with E-state index in [9.17, 15) is 9.59 Å². The molecule has 1 fully saturated rings. The molecule has 0 saturated carbocycles. The largest absolute Gasteiger partial charge is 0.481 e. The lowest BCUT2D eigenvalue weighted by molar-refractivity contribution is -0.428. The highest BCUT2D eigenvalue weighted by atomic mass is 17.2. The van der Waals surface area contributed by atoms with Crippen molar-refractivity contribution in [1.29, 1.82) is 0 Å². The number of carboxylic acids is 1. The number of aliphatic carboxylic acids is 1. The highest BCUT2D eigenvalue weighted by molar-refractivity contribution is 5.77. The van der Waals surface area contributed by atoms with Gasteiger partial charge in [0.2, 0.25) is 5.60 Å². The Morgan fingerprint density at radius 2 is 2.04 bits per heavy atom. The van der Waals surface area contributed by atoms with Crippen LogP contribution in [0, 0.1) is 0 Å². The van der Waals surface area contributed by atoms with Crippen LogP contribution in [-0.4, -0.2) is 28.9 Å². The van der Waals surface area contributed by atoms with Crippen LogP contribution in [0.4, 0.5) is 0 Å². The predicted molar refractivity (Wildman–Crippen MR) is 75.3 cm³/mol. The van der Waals surface area contributed by atoms with Crippen molar-refractivity contribution in [3.05, 3.63) is 59.5 Å². The van der Waals surface area contributed by atoms with Crippen LogP contribution in [0.2, 0.25) is 0 Å². The highest BCUT2D eigenvalue weighted by Crippen LogP contribution is 2.48. The third-order valence-electron chi connectivity index (χ3n) is 3.87. The third-order valence-corrected chi connectivity index (χ3v) is 3.87. The minimum absolute atomic E-state index is 0.0846. The van der Waals surface area contributed by atoms with Crippen molar-refractivity contribution in [3.63, 3.8) is 0 Å². The summed E-state index contributed by atoms with van der Waals surface area (Å²) in [6.45, 7) is 0. The van der Waals surface area contributed by atoms with Gasteiger partial charge in [-0.2, -0.15) is 4.89 Å². The number of carboxylic acid groups (broad SMARTS) is 1. The van der Waals surface area contributed by atoms with Gasteiger partial charge in [-0.05, 0) is 6.08 Å². The smallest absolute Gasteiger partial charge is 0.320 e. The Kier molecular flexibility index (Phi) is 3.20. The highest BCUT2D eigenvalue weighted by Gasteiger charge is 2.58. The van der Waals surface area contributed by atoms with Crippen molar-refractivity contribution in [2.75, 3.05) is 0 Å². The van der Waals surface area contributed by atoms with Gasteiger partial charge in [-0.3, -0.25) is 14.5 Å². The zero-order valence-corrected chi connectivity index (χ0v) is 12.3. The molecular weight excluding hydrogens is 320 g/mol. The first-order chi connectivity index (χ1) is 11.6. The summed E-state index contributed by atoms with van der Waals surface area (Å²) in [6.07, 6.45) is 8.81. The molecular formula is C16H12O8. The van der Waals surface area contributed by atoms with Crippen molar-refractivity contribution < 1.29 is 38.7 Å². The molecule has 8 nitrogen and oxygen atoms in total. The Morgan fingerprint density at radius 3 is 2.88 bits per heavy atom. The van der Waals surface area contributed by atoms with Crippen molar-refractivity contribution in [2.24, 2.45) is 0 Å². The summed E-state index contributed by atoms with van der Waals surface area (Å²) in [6, 6.07) is 0. The fraction of sp³-hybridized carbons (Fsp3) is 0.250. The molecule has 1 N–H and O–H groups in total. The summed E-state index contributed by atoms with van der Waals surface area (Å²) in [5.74, 6) is -1.75. The molecule has 124 valence electrons. The van der Waals surface area contributed by atoms with Gasteiger partial charge in [0.25, 0.3) is 12.2 Å². The number of esters is 1. The molecule has 8 heteroatoms. The number of carbonyl (C=O) groups excluding carboxylic acids is 1. The van der Waals surface area contributed by atoms with E-state index in [1.165, 1.54) is 6.08 Å². The first kappa shape index (κ1) is 14.6. The maximum absolute atomic E-state index is 11.7. The van der Waals surface area contributed by atoms with Crippen LogP contribution < -0.4 is 0 Å². The molecule has 0 amide bonds. The van der Waals surface area contributed by atoms with E-state index >= 15 is 0 Å². The summed E-state index contributed by atoms with van der Waals surface area (Å²) in [5.41, 5.74) is 0.287. The molecule has 0 aromatic rings. The zero-order chi connectivity index (χ0) is 16.7. The molecule has 1 saturated heterocycles. The number of carbonyl (C=O) groups is 2. The number of hydrogen-bond acceptors (Lipinski definition) is 7. The van der Waals surface area contributed by atoms with Crippen molar-refractivity contribution in [2.45, 2.75) is 24.7 Å². The molecule has 2 atom stereocenters. The van der Waals surface area contributed by atoms with Gasteiger partial charge in [-0.1, -0.05) is 18.2 Å². The van der Waals surface area contributed by atoms with E-state index in [-0.39, 0.29) is 24.7 Å². The van der Waals surface area contributed by atoms with E-state index in [0.29, 0.717) is 5.57 Å². The van der Waals surface area contributed by atoms with Gasteiger partial charge in [0.15, 0.2) is 0 Å². The average Bonchev–Trinajstić information content (AvgIpc) is 2.83. The van der Waals surface area contributed by atoms with Crippen LogP contribution in [0.15, 0.2) is 59.5 Å². The molecule has 24 heavy (non-hydrogen) atoms. The topological polar surface area (TPSA) is 101 Å². The van der Waals surface area contributed by atoms with E-state index in [1.807, 2.05) is 12.2 Å². The van der Waals surface area contributed by atoms with Gasteiger partial charge in [0.05, 0.1) is 12.8 Å². The second kappa shape index (κ2) is 5.27. The molecule has 1 aliphatic carbocycles. The first-order valence-corrected chi connectivity index (χ1v) is 7.22. The first-order valence-electron chi connectivity index (χ1n) is 7.22. The van der Waals surface area contributed by atoms with Crippen LogP contribution in [0.3, 0.4) is 0 Å². The van der Waals surface area contributed by atoms with E-state index in [4.69, 9.17) is 29.1 Å². The standard InChI is InChI=1S/C16H12O8/c17-11(18)5-6-12(19)20-14-8-10-3-1-2-9-4-7-13-21-15(22-14)16(9,10)24-23-13/h1-4,7-8,15H,5-6H2,(H,17,18). The van der Waals surface area contributed by atoms with Gasteiger partial charge in [0.1, 0.15) is 0 Å². The van der Waals surface area contributed by atoms with Crippen molar-refractivity contribution in [1.82, 2.24) is 0 Å². The zero-order valence-electron chi connectivity index (χ0n) is 12.3. The second-order valence-electron chi connectivity index (χ2n) is 5.39. The van der Waals surface area contributed by atoms with E-state index in [1.54, 1.807) is 18.2 Å². The molecule has 2 unspecified atom stereocenters. The maximum Gasteiger partial charge on any atom is 0.320 e. The Hall–Kier alpha value is -3.00. The van der Waals surface area contributed by atoms with Gasteiger partial charge in [-0.15, -0.1) is 0 Å². The lowest BCUT2D eigenvalue weighted by atomic mass is 9.80. The van der Waals surface area contributed by atoms with Gasteiger partial charge in [-0.25, -0.2) is 0 Å². The van der Waals surface area contributed by atoms with Crippen LogP contribution in [-0.2, 0) is 33.6 Å². The van der Waals surface area contributed by atoms with Crippen LogP contribution >= 0.6 is 0 Å². The normalized spacial score (nSPS) is 28.6. The van der Waals surface area contributed by atoms with E-state index in [0.717, 1.165) is 5.57 Å². The molecule has 5 rings (SSSR count). The number of hydrogen-bond donors (Lipinski definition) is 1. The van der Waals surface area contributed by atoms with Gasteiger partial charge in [0, 0.05) is 23.3 Å². The Balaban J connectivity index is 1.61. The molecule has 5 aliphatic rings. The summed E-state index contributed by atoms with van der Waals surface area (Å²) < 4.78 is 16.3.